The molecule has 0 aromatic heterocycles. The summed E-state index contributed by atoms with van der Waals surface area (Å²) in [7, 11) is -7.76. The van der Waals surface area contributed by atoms with Gasteiger partial charge in [0.25, 0.3) is 0 Å². The summed E-state index contributed by atoms with van der Waals surface area (Å²) < 4.78 is 66.8. The number of ether oxygens (including phenoxy) is 2. The SMILES string of the molecule is Cc1ccc(S(=O)(=O)N2CCN(S(=O)(=O)c3ccc(C)cc3)[C@H]3OCCO[C@H]32)cc1. The van der Waals surface area contributed by atoms with Crippen molar-refractivity contribution in [3.05, 3.63) is 59.7 Å². The van der Waals surface area contributed by atoms with Crippen LogP contribution in [0.25, 0.3) is 0 Å². The molecule has 2 heterocycles. The minimum atomic E-state index is -3.88. The Morgan fingerprint density at radius 2 is 1.00 bits per heavy atom. The van der Waals surface area contributed by atoms with Crippen LogP contribution >= 0.6 is 0 Å². The first-order valence-corrected chi connectivity index (χ1v) is 12.5. The van der Waals surface area contributed by atoms with E-state index in [-0.39, 0.29) is 36.1 Å². The van der Waals surface area contributed by atoms with Gasteiger partial charge in [0, 0.05) is 13.1 Å². The van der Waals surface area contributed by atoms with Gasteiger partial charge in [-0.2, -0.15) is 8.61 Å². The van der Waals surface area contributed by atoms with Crippen LogP contribution in [0.2, 0.25) is 0 Å². The van der Waals surface area contributed by atoms with Crippen molar-refractivity contribution < 1.29 is 26.3 Å². The molecule has 2 saturated heterocycles. The van der Waals surface area contributed by atoms with Crippen LogP contribution in [0, 0.1) is 13.8 Å². The third-order valence-corrected chi connectivity index (χ3v) is 9.02. The number of hydrogen-bond acceptors (Lipinski definition) is 6. The Kier molecular flexibility index (Phi) is 5.73. The van der Waals surface area contributed by atoms with Crippen molar-refractivity contribution in [3.8, 4) is 0 Å². The second kappa shape index (κ2) is 8.03. The fourth-order valence-electron chi connectivity index (χ4n) is 3.61. The van der Waals surface area contributed by atoms with Crippen molar-refractivity contribution in [2.45, 2.75) is 36.1 Å². The van der Waals surface area contributed by atoms with Crippen molar-refractivity contribution in [1.29, 1.82) is 0 Å². The lowest BCUT2D eigenvalue weighted by Crippen LogP contribution is -2.65. The summed E-state index contributed by atoms with van der Waals surface area (Å²) in [6.45, 7) is 4.04. The molecule has 0 amide bonds. The highest BCUT2D eigenvalue weighted by molar-refractivity contribution is 7.89. The van der Waals surface area contributed by atoms with Gasteiger partial charge in [0.2, 0.25) is 20.0 Å². The molecule has 2 atom stereocenters. The minimum Gasteiger partial charge on any atom is -0.355 e. The maximum Gasteiger partial charge on any atom is 0.245 e. The van der Waals surface area contributed by atoms with Gasteiger partial charge < -0.3 is 9.47 Å². The lowest BCUT2D eigenvalue weighted by atomic mass is 10.2. The highest BCUT2D eigenvalue weighted by Gasteiger charge is 2.49. The summed E-state index contributed by atoms with van der Waals surface area (Å²) in [5, 5.41) is 0. The van der Waals surface area contributed by atoms with E-state index in [4.69, 9.17) is 9.47 Å². The maximum atomic E-state index is 13.2. The molecule has 0 aliphatic carbocycles. The van der Waals surface area contributed by atoms with Crippen molar-refractivity contribution in [2.24, 2.45) is 0 Å². The van der Waals surface area contributed by atoms with E-state index in [1.165, 1.54) is 8.61 Å². The van der Waals surface area contributed by atoms with Crippen LogP contribution in [0.15, 0.2) is 58.3 Å². The highest BCUT2D eigenvalue weighted by Crippen LogP contribution is 2.32. The molecular weight excluding hydrogens is 428 g/mol. The monoisotopic (exact) mass is 452 g/mol. The maximum absolute atomic E-state index is 13.2. The van der Waals surface area contributed by atoms with Gasteiger partial charge >= 0.3 is 0 Å². The first-order chi connectivity index (χ1) is 14.2. The van der Waals surface area contributed by atoms with Gasteiger partial charge in [-0.1, -0.05) is 35.4 Å². The van der Waals surface area contributed by atoms with Gasteiger partial charge in [-0.3, -0.25) is 0 Å². The molecule has 0 saturated carbocycles. The van der Waals surface area contributed by atoms with Crippen molar-refractivity contribution >= 4 is 20.0 Å². The molecule has 0 bridgehead atoms. The number of hydrogen-bond donors (Lipinski definition) is 0. The molecule has 0 N–H and O–H groups in total. The molecule has 0 unspecified atom stereocenters. The van der Waals surface area contributed by atoms with Crippen LogP contribution in [0.5, 0.6) is 0 Å². The average Bonchev–Trinajstić information content (AvgIpc) is 2.73. The Morgan fingerprint density at radius 3 is 1.33 bits per heavy atom. The zero-order chi connectivity index (χ0) is 21.5. The van der Waals surface area contributed by atoms with Gasteiger partial charge in [-0.15, -0.1) is 0 Å². The quantitative estimate of drug-likeness (QED) is 0.701. The van der Waals surface area contributed by atoms with E-state index in [0.717, 1.165) is 11.1 Å². The lowest BCUT2D eigenvalue weighted by Gasteiger charge is -2.46. The number of piperazine rings is 1. The van der Waals surface area contributed by atoms with Gasteiger partial charge in [-0.05, 0) is 38.1 Å². The highest BCUT2D eigenvalue weighted by atomic mass is 32.2. The largest absolute Gasteiger partial charge is 0.355 e. The van der Waals surface area contributed by atoms with Crippen LogP contribution in [0.1, 0.15) is 11.1 Å². The van der Waals surface area contributed by atoms with E-state index in [1.54, 1.807) is 48.5 Å². The molecule has 30 heavy (non-hydrogen) atoms. The Hall–Kier alpha value is -1.82. The first kappa shape index (κ1) is 21.4. The zero-order valence-electron chi connectivity index (χ0n) is 16.8. The zero-order valence-corrected chi connectivity index (χ0v) is 18.4. The second-order valence-corrected chi connectivity index (χ2v) is 11.2. The summed E-state index contributed by atoms with van der Waals surface area (Å²) in [6.07, 6.45) is -2.11. The normalized spacial score (nSPS) is 23.8. The molecule has 2 aliphatic heterocycles. The summed E-state index contributed by atoms with van der Waals surface area (Å²) in [6, 6.07) is 13.1. The Balaban J connectivity index is 1.67. The summed E-state index contributed by atoms with van der Waals surface area (Å²) in [4.78, 5) is 0.270. The number of nitrogens with zero attached hydrogens (tertiary/aromatic N) is 2. The predicted octanol–water partition coefficient (Wildman–Crippen LogP) is 1.70. The number of sulfonamides is 2. The van der Waals surface area contributed by atoms with Crippen molar-refractivity contribution in [3.63, 3.8) is 0 Å². The van der Waals surface area contributed by atoms with E-state index >= 15 is 0 Å². The molecule has 0 radical (unpaired) electrons. The van der Waals surface area contributed by atoms with Crippen LogP contribution < -0.4 is 0 Å². The van der Waals surface area contributed by atoms with E-state index in [0.29, 0.717) is 0 Å². The molecule has 10 heteroatoms. The van der Waals surface area contributed by atoms with Crippen LogP contribution in [-0.4, -0.2) is 64.2 Å². The Labute approximate surface area is 177 Å². The summed E-state index contributed by atoms with van der Waals surface area (Å²) in [5.41, 5.74) is 1.89. The van der Waals surface area contributed by atoms with Gasteiger partial charge in [0.1, 0.15) is 0 Å². The third kappa shape index (κ3) is 3.79. The molecule has 8 nitrogen and oxygen atoms in total. The molecular formula is C20H24N2O6S2. The molecule has 0 spiro atoms. The number of rotatable bonds is 4. The molecule has 2 aromatic rings. The third-order valence-electron chi connectivity index (χ3n) is 5.27. The van der Waals surface area contributed by atoms with E-state index in [2.05, 4.69) is 0 Å². The summed E-state index contributed by atoms with van der Waals surface area (Å²) in [5.74, 6) is 0. The molecule has 2 fully saturated rings. The smallest absolute Gasteiger partial charge is 0.245 e. The fourth-order valence-corrected chi connectivity index (χ4v) is 6.63. The first-order valence-electron chi connectivity index (χ1n) is 9.61. The van der Waals surface area contributed by atoms with E-state index in [9.17, 15) is 16.8 Å². The molecule has 2 aromatic carbocycles. The molecule has 4 rings (SSSR count). The average molecular weight is 453 g/mol. The van der Waals surface area contributed by atoms with Gasteiger partial charge in [0.05, 0.1) is 23.0 Å². The molecule has 162 valence electrons. The van der Waals surface area contributed by atoms with Gasteiger partial charge in [-0.25, -0.2) is 16.8 Å². The minimum absolute atomic E-state index is 0.0359. The predicted molar refractivity (Wildman–Crippen MR) is 110 cm³/mol. The van der Waals surface area contributed by atoms with Crippen LogP contribution in [0.4, 0.5) is 0 Å². The number of fused-ring (bicyclic) bond motifs is 1. The topological polar surface area (TPSA) is 93.2 Å². The lowest BCUT2D eigenvalue weighted by molar-refractivity contribution is -0.225. The second-order valence-electron chi connectivity index (χ2n) is 7.38. The number of aryl methyl sites for hydroxylation is 2. The van der Waals surface area contributed by atoms with E-state index < -0.39 is 32.5 Å². The standard InChI is InChI=1S/C20H24N2O6S2/c1-15-3-7-17(8-4-15)29(23,24)21-11-12-22(20-19(21)27-13-14-28-20)30(25,26)18-9-5-16(2)6-10-18/h3-10,19-20H,11-14H2,1-2H3/t19-,20+. The number of benzene rings is 2. The van der Waals surface area contributed by atoms with Crippen molar-refractivity contribution in [2.75, 3.05) is 26.3 Å². The molecule has 2 aliphatic rings. The van der Waals surface area contributed by atoms with Crippen LogP contribution in [-0.2, 0) is 29.5 Å². The Morgan fingerprint density at radius 1 is 0.667 bits per heavy atom. The van der Waals surface area contributed by atoms with Gasteiger partial charge in [0.15, 0.2) is 12.5 Å². The summed E-state index contributed by atoms with van der Waals surface area (Å²) >= 11 is 0. The van der Waals surface area contributed by atoms with Crippen molar-refractivity contribution in [1.82, 2.24) is 8.61 Å². The van der Waals surface area contributed by atoms with Crippen LogP contribution in [0.3, 0.4) is 0 Å². The van der Waals surface area contributed by atoms with E-state index in [1.807, 2.05) is 13.8 Å². The fraction of sp³-hybridized carbons (Fsp3) is 0.400. The Bertz CT molecular complexity index is 1020.